The topological polar surface area (TPSA) is 71.8 Å². The molecule has 1 aliphatic rings. The Hall–Kier alpha value is -2.81. The number of aromatic nitrogens is 3. The predicted molar refractivity (Wildman–Crippen MR) is 122 cm³/mol. The first kappa shape index (κ1) is 23.4. The number of rotatable bonds is 4. The standard InChI is InChI=1S/C23H25ClF3N5O/c1-12-21(13(2)32(3)31-12)22(33)29-16-7-5-15(6-8-16)28-19-11-20(23(25,26)27)30-18-9-4-14(24)10-17(18)19/h4,9-11,15-16H,5-8H2,1-3H3,(H,28,30)(H,29,33). The zero-order valence-electron chi connectivity index (χ0n) is 18.6. The van der Waals surface area contributed by atoms with Gasteiger partial charge < -0.3 is 10.6 Å². The normalized spacial score (nSPS) is 19.0. The number of fused-ring (bicyclic) bond motifs is 1. The van der Waals surface area contributed by atoms with Gasteiger partial charge in [0, 0.05) is 40.9 Å². The van der Waals surface area contributed by atoms with Gasteiger partial charge in [0.25, 0.3) is 5.91 Å². The monoisotopic (exact) mass is 479 g/mol. The summed E-state index contributed by atoms with van der Waals surface area (Å²) < 4.78 is 41.8. The third kappa shape index (κ3) is 4.93. The molecule has 0 unspecified atom stereocenters. The van der Waals surface area contributed by atoms with Gasteiger partial charge in [0.15, 0.2) is 0 Å². The summed E-state index contributed by atoms with van der Waals surface area (Å²) in [6.45, 7) is 3.67. The number of nitrogens with zero attached hydrogens (tertiary/aromatic N) is 3. The number of halogens is 4. The molecule has 1 aliphatic carbocycles. The van der Waals surface area contributed by atoms with Gasteiger partial charge in [0.05, 0.1) is 16.8 Å². The van der Waals surface area contributed by atoms with Crippen LogP contribution in [0.2, 0.25) is 5.02 Å². The van der Waals surface area contributed by atoms with Crippen molar-refractivity contribution in [1.29, 1.82) is 0 Å². The Bertz CT molecular complexity index is 1200. The van der Waals surface area contributed by atoms with Crippen molar-refractivity contribution in [2.45, 2.75) is 57.8 Å². The number of carbonyl (C=O) groups excluding carboxylic acids is 1. The molecule has 0 spiro atoms. The average Bonchev–Trinajstić information content (AvgIpc) is 3.00. The maximum atomic E-state index is 13.4. The second-order valence-corrected chi connectivity index (χ2v) is 8.99. The number of aryl methyl sites for hydroxylation is 2. The molecule has 0 saturated heterocycles. The summed E-state index contributed by atoms with van der Waals surface area (Å²) in [6.07, 6.45) is -1.69. The van der Waals surface area contributed by atoms with Gasteiger partial charge in [-0.25, -0.2) is 4.98 Å². The van der Waals surface area contributed by atoms with Crippen molar-refractivity contribution in [3.63, 3.8) is 0 Å². The number of anilines is 1. The van der Waals surface area contributed by atoms with Gasteiger partial charge >= 0.3 is 6.18 Å². The molecule has 1 amide bonds. The smallest absolute Gasteiger partial charge is 0.382 e. The van der Waals surface area contributed by atoms with Crippen LogP contribution >= 0.6 is 11.6 Å². The quantitative estimate of drug-likeness (QED) is 0.525. The van der Waals surface area contributed by atoms with Crippen molar-refractivity contribution in [2.75, 3.05) is 5.32 Å². The lowest BCUT2D eigenvalue weighted by atomic mass is 9.90. The van der Waals surface area contributed by atoms with Crippen LogP contribution < -0.4 is 10.6 Å². The van der Waals surface area contributed by atoms with E-state index in [0.717, 1.165) is 24.6 Å². The van der Waals surface area contributed by atoms with Crippen molar-refractivity contribution in [3.05, 3.63) is 51.9 Å². The number of amides is 1. The highest BCUT2D eigenvalue weighted by atomic mass is 35.5. The number of hydrogen-bond donors (Lipinski definition) is 2. The molecular weight excluding hydrogens is 455 g/mol. The molecule has 1 saturated carbocycles. The van der Waals surface area contributed by atoms with Gasteiger partial charge in [-0.2, -0.15) is 18.3 Å². The van der Waals surface area contributed by atoms with E-state index < -0.39 is 11.9 Å². The van der Waals surface area contributed by atoms with Crippen LogP contribution in [0.4, 0.5) is 18.9 Å². The minimum atomic E-state index is -4.55. The Labute approximate surface area is 194 Å². The number of alkyl halides is 3. The lowest BCUT2D eigenvalue weighted by molar-refractivity contribution is -0.140. The van der Waals surface area contributed by atoms with E-state index in [9.17, 15) is 18.0 Å². The van der Waals surface area contributed by atoms with Gasteiger partial charge in [0.1, 0.15) is 5.69 Å². The minimum absolute atomic E-state index is 0.00363. The van der Waals surface area contributed by atoms with Gasteiger partial charge in [-0.05, 0) is 63.8 Å². The summed E-state index contributed by atoms with van der Waals surface area (Å²) in [5.41, 5.74) is 1.75. The van der Waals surface area contributed by atoms with Crippen molar-refractivity contribution < 1.29 is 18.0 Å². The van der Waals surface area contributed by atoms with Crippen LogP contribution in [0.25, 0.3) is 10.9 Å². The number of nitrogens with one attached hydrogen (secondary N) is 2. The molecule has 10 heteroatoms. The molecule has 176 valence electrons. The highest BCUT2D eigenvalue weighted by molar-refractivity contribution is 6.31. The molecule has 3 aromatic rings. The van der Waals surface area contributed by atoms with Gasteiger partial charge in [0.2, 0.25) is 0 Å². The maximum absolute atomic E-state index is 13.4. The first-order valence-corrected chi connectivity index (χ1v) is 11.2. The molecule has 4 rings (SSSR count). The summed E-state index contributed by atoms with van der Waals surface area (Å²) >= 11 is 6.08. The Morgan fingerprint density at radius 2 is 1.79 bits per heavy atom. The molecule has 2 heterocycles. The fraction of sp³-hybridized carbons (Fsp3) is 0.435. The molecule has 1 fully saturated rings. The number of benzene rings is 1. The molecular formula is C23H25ClF3N5O. The van der Waals surface area contributed by atoms with Gasteiger partial charge in [-0.1, -0.05) is 11.6 Å². The fourth-order valence-corrected chi connectivity index (χ4v) is 4.60. The zero-order chi connectivity index (χ0) is 23.9. The van der Waals surface area contributed by atoms with E-state index in [2.05, 4.69) is 20.7 Å². The van der Waals surface area contributed by atoms with Crippen LogP contribution in [0.5, 0.6) is 0 Å². The van der Waals surface area contributed by atoms with Crippen molar-refractivity contribution in [1.82, 2.24) is 20.1 Å². The molecule has 0 aliphatic heterocycles. The predicted octanol–water partition coefficient (Wildman–Crippen LogP) is 5.41. The van der Waals surface area contributed by atoms with Gasteiger partial charge in [-0.3, -0.25) is 9.48 Å². The largest absolute Gasteiger partial charge is 0.433 e. The fourth-order valence-electron chi connectivity index (χ4n) is 4.42. The summed E-state index contributed by atoms with van der Waals surface area (Å²) in [5, 5.41) is 11.6. The number of hydrogen-bond acceptors (Lipinski definition) is 4. The second-order valence-electron chi connectivity index (χ2n) is 8.55. The third-order valence-corrected chi connectivity index (χ3v) is 6.45. The second kappa shape index (κ2) is 8.85. The van der Waals surface area contributed by atoms with Crippen molar-refractivity contribution in [2.24, 2.45) is 7.05 Å². The molecule has 0 bridgehead atoms. The van der Waals surface area contributed by atoms with Crippen molar-refractivity contribution >= 4 is 34.1 Å². The van der Waals surface area contributed by atoms with Gasteiger partial charge in [-0.15, -0.1) is 0 Å². The summed E-state index contributed by atoms with van der Waals surface area (Å²) in [5.74, 6) is -0.140. The Morgan fingerprint density at radius 1 is 1.12 bits per heavy atom. The van der Waals surface area contributed by atoms with E-state index in [1.54, 1.807) is 17.8 Å². The highest BCUT2D eigenvalue weighted by Crippen LogP contribution is 2.35. The van der Waals surface area contributed by atoms with E-state index in [0.29, 0.717) is 40.2 Å². The van der Waals surface area contributed by atoms with E-state index in [-0.39, 0.29) is 23.5 Å². The minimum Gasteiger partial charge on any atom is -0.382 e. The van der Waals surface area contributed by atoms with Crippen LogP contribution in [0.3, 0.4) is 0 Å². The highest BCUT2D eigenvalue weighted by Gasteiger charge is 2.34. The van der Waals surface area contributed by atoms with Crippen LogP contribution in [-0.4, -0.2) is 32.8 Å². The van der Waals surface area contributed by atoms with E-state index in [1.807, 2.05) is 13.8 Å². The third-order valence-electron chi connectivity index (χ3n) is 6.22. The summed E-state index contributed by atoms with van der Waals surface area (Å²) in [7, 11) is 1.80. The molecule has 2 N–H and O–H groups in total. The molecule has 0 atom stereocenters. The van der Waals surface area contributed by atoms with Crippen LogP contribution in [0, 0.1) is 13.8 Å². The number of pyridine rings is 1. The summed E-state index contributed by atoms with van der Waals surface area (Å²) in [6, 6.07) is 5.67. The molecule has 1 aromatic carbocycles. The number of carbonyl (C=O) groups is 1. The zero-order valence-corrected chi connectivity index (χ0v) is 19.3. The SMILES string of the molecule is Cc1nn(C)c(C)c1C(=O)NC1CCC(Nc2cc(C(F)(F)F)nc3ccc(Cl)cc23)CC1. The molecule has 0 radical (unpaired) electrons. The average molecular weight is 480 g/mol. The Morgan fingerprint density at radius 3 is 2.39 bits per heavy atom. The van der Waals surface area contributed by atoms with Crippen LogP contribution in [0.1, 0.15) is 53.1 Å². The lowest BCUT2D eigenvalue weighted by Crippen LogP contribution is -2.40. The van der Waals surface area contributed by atoms with Crippen LogP contribution in [-0.2, 0) is 13.2 Å². The summed E-state index contributed by atoms with van der Waals surface area (Å²) in [4.78, 5) is 16.5. The Kier molecular flexibility index (Phi) is 6.26. The van der Waals surface area contributed by atoms with Crippen molar-refractivity contribution in [3.8, 4) is 0 Å². The first-order valence-electron chi connectivity index (χ1n) is 10.8. The van der Waals surface area contributed by atoms with Crippen LogP contribution in [0.15, 0.2) is 24.3 Å². The lowest BCUT2D eigenvalue weighted by Gasteiger charge is -2.30. The first-order chi connectivity index (χ1) is 15.5. The molecule has 6 nitrogen and oxygen atoms in total. The van der Waals surface area contributed by atoms with E-state index >= 15 is 0 Å². The maximum Gasteiger partial charge on any atom is 0.433 e. The van der Waals surface area contributed by atoms with E-state index in [1.165, 1.54) is 12.1 Å². The molecule has 33 heavy (non-hydrogen) atoms. The molecule has 2 aromatic heterocycles. The van der Waals surface area contributed by atoms with E-state index in [4.69, 9.17) is 11.6 Å². The Balaban J connectivity index is 1.46.